The molecule has 0 atom stereocenters. The summed E-state index contributed by atoms with van der Waals surface area (Å²) in [6, 6.07) is 60.9. The smallest absolute Gasteiger partial charge is 0.164 e. The van der Waals surface area contributed by atoms with Crippen molar-refractivity contribution in [1.82, 2.24) is 15.0 Å². The molecule has 0 N–H and O–H groups in total. The number of rotatable bonds is 5. The maximum absolute atomic E-state index is 6.74. The van der Waals surface area contributed by atoms with E-state index in [1.807, 2.05) is 78.1 Å². The summed E-state index contributed by atoms with van der Waals surface area (Å²) in [5.74, 6) is 1.83. The molecule has 0 unspecified atom stereocenters. The van der Waals surface area contributed by atoms with Crippen LogP contribution in [-0.2, 0) is 0 Å². The highest BCUT2D eigenvalue weighted by molar-refractivity contribution is 7.26. The third kappa shape index (κ3) is 5.12. The molecule has 6 heteroatoms. The molecule has 4 aromatic heterocycles. The van der Waals surface area contributed by atoms with E-state index in [0.29, 0.717) is 17.5 Å². The number of thiophene rings is 1. The highest BCUT2D eigenvalue weighted by atomic mass is 32.1. The van der Waals surface area contributed by atoms with Crippen LogP contribution < -0.4 is 0 Å². The van der Waals surface area contributed by atoms with Crippen LogP contribution in [0.25, 0.3) is 120 Å². The van der Waals surface area contributed by atoms with Gasteiger partial charge in [-0.3, -0.25) is 0 Å². The first-order chi connectivity index (χ1) is 28.2. The Balaban J connectivity index is 0.994. The van der Waals surface area contributed by atoms with Crippen molar-refractivity contribution < 1.29 is 8.83 Å². The molecule has 0 bridgehead atoms. The lowest BCUT2D eigenvalue weighted by atomic mass is 9.93. The van der Waals surface area contributed by atoms with Crippen LogP contribution in [0.2, 0.25) is 0 Å². The van der Waals surface area contributed by atoms with Crippen LogP contribution in [0.15, 0.2) is 185 Å². The summed E-state index contributed by atoms with van der Waals surface area (Å²) in [4.78, 5) is 15.1. The predicted molar refractivity (Wildman–Crippen MR) is 234 cm³/mol. The van der Waals surface area contributed by atoms with E-state index in [1.165, 1.54) is 25.7 Å². The number of nitrogens with zero attached hydrogens (tertiary/aromatic N) is 3. The van der Waals surface area contributed by atoms with Crippen molar-refractivity contribution in [3.05, 3.63) is 176 Å². The van der Waals surface area contributed by atoms with Crippen LogP contribution in [0, 0.1) is 0 Å². The van der Waals surface area contributed by atoms with E-state index in [4.69, 9.17) is 23.8 Å². The lowest BCUT2D eigenvalue weighted by Crippen LogP contribution is -2.00. The molecular weight excluding hydrogens is 719 g/mol. The zero-order valence-corrected chi connectivity index (χ0v) is 31.1. The molecule has 0 amide bonds. The molecular formula is C51H29N3O2S. The quantitative estimate of drug-likeness (QED) is 0.175. The minimum absolute atomic E-state index is 0.603. The van der Waals surface area contributed by atoms with Gasteiger partial charge in [-0.1, -0.05) is 133 Å². The predicted octanol–water partition coefficient (Wildman–Crippen LogP) is 14.4. The number of furan rings is 2. The van der Waals surface area contributed by atoms with Crippen molar-refractivity contribution in [3.8, 4) is 56.4 Å². The Morgan fingerprint density at radius 1 is 0.351 bits per heavy atom. The van der Waals surface area contributed by atoms with Crippen molar-refractivity contribution in [1.29, 1.82) is 0 Å². The standard InChI is InChI=1S/C51H29N3O2S/c1-2-11-31(12-3-1)49-52-50(54-51(53-49)33-25-28-44-41(29-33)35-13-4-7-18-42(35)55-44)32-23-21-30(22-24-32)34-26-27-37(47-46(34)40-15-5-8-19-43(40)56-47)39-17-10-16-38-36-14-6-9-20-45(36)57-48(38)39/h1-29H. The van der Waals surface area contributed by atoms with Crippen molar-refractivity contribution in [2.45, 2.75) is 0 Å². The van der Waals surface area contributed by atoms with Crippen molar-refractivity contribution >= 4 is 75.4 Å². The molecule has 0 aliphatic heterocycles. The van der Waals surface area contributed by atoms with Gasteiger partial charge in [0.25, 0.3) is 0 Å². The fraction of sp³-hybridized carbons (Fsp3) is 0. The molecule has 5 nitrogen and oxygen atoms in total. The number of aromatic nitrogens is 3. The van der Waals surface area contributed by atoms with Gasteiger partial charge in [-0.05, 0) is 53.6 Å². The van der Waals surface area contributed by atoms with E-state index in [9.17, 15) is 0 Å². The Morgan fingerprint density at radius 3 is 1.74 bits per heavy atom. The lowest BCUT2D eigenvalue weighted by Gasteiger charge is -2.11. The molecule has 0 aliphatic carbocycles. The summed E-state index contributed by atoms with van der Waals surface area (Å²) in [6.07, 6.45) is 0. The van der Waals surface area contributed by atoms with Gasteiger partial charge in [0.1, 0.15) is 22.3 Å². The summed E-state index contributed by atoms with van der Waals surface area (Å²) < 4.78 is 15.4. The van der Waals surface area contributed by atoms with Gasteiger partial charge in [-0.15, -0.1) is 11.3 Å². The molecule has 0 fully saturated rings. The first-order valence-corrected chi connectivity index (χ1v) is 19.7. The van der Waals surface area contributed by atoms with E-state index in [0.717, 1.165) is 77.3 Å². The summed E-state index contributed by atoms with van der Waals surface area (Å²) in [7, 11) is 0. The van der Waals surface area contributed by atoms with E-state index in [1.54, 1.807) is 0 Å². The Kier molecular flexibility index (Phi) is 7.03. The highest BCUT2D eigenvalue weighted by Crippen LogP contribution is 2.46. The second-order valence-corrected chi connectivity index (χ2v) is 15.4. The molecule has 0 saturated carbocycles. The van der Waals surface area contributed by atoms with Gasteiger partial charge in [-0.25, -0.2) is 15.0 Å². The largest absolute Gasteiger partial charge is 0.456 e. The van der Waals surface area contributed by atoms with Crippen LogP contribution in [0.3, 0.4) is 0 Å². The summed E-state index contributed by atoms with van der Waals surface area (Å²) >= 11 is 1.84. The molecule has 266 valence electrons. The summed E-state index contributed by atoms with van der Waals surface area (Å²) in [5, 5.41) is 6.83. The average Bonchev–Trinajstić information content (AvgIpc) is 3.98. The molecule has 57 heavy (non-hydrogen) atoms. The summed E-state index contributed by atoms with van der Waals surface area (Å²) in [5.41, 5.74) is 10.6. The monoisotopic (exact) mass is 747 g/mol. The van der Waals surface area contributed by atoms with E-state index < -0.39 is 0 Å². The molecule has 8 aromatic carbocycles. The maximum Gasteiger partial charge on any atom is 0.164 e. The van der Waals surface area contributed by atoms with Crippen LogP contribution in [0.5, 0.6) is 0 Å². The molecule has 0 spiro atoms. The topological polar surface area (TPSA) is 65.0 Å². The molecule has 12 rings (SSSR count). The van der Waals surface area contributed by atoms with Crippen molar-refractivity contribution in [2.24, 2.45) is 0 Å². The zero-order valence-electron chi connectivity index (χ0n) is 30.3. The number of benzene rings is 8. The van der Waals surface area contributed by atoms with Gasteiger partial charge in [0.15, 0.2) is 17.5 Å². The molecule has 0 radical (unpaired) electrons. The highest BCUT2D eigenvalue weighted by Gasteiger charge is 2.20. The second-order valence-electron chi connectivity index (χ2n) is 14.3. The third-order valence-corrected chi connectivity index (χ3v) is 12.2. The fourth-order valence-electron chi connectivity index (χ4n) is 8.25. The number of hydrogen-bond acceptors (Lipinski definition) is 6. The van der Waals surface area contributed by atoms with E-state index in [2.05, 4.69) is 109 Å². The van der Waals surface area contributed by atoms with Crippen LogP contribution >= 0.6 is 11.3 Å². The first kappa shape index (κ1) is 31.9. The van der Waals surface area contributed by atoms with Crippen LogP contribution in [-0.4, -0.2) is 15.0 Å². The zero-order chi connectivity index (χ0) is 37.5. The van der Waals surface area contributed by atoms with Gasteiger partial charge in [0.2, 0.25) is 0 Å². The van der Waals surface area contributed by atoms with Crippen LogP contribution in [0.1, 0.15) is 0 Å². The average molecular weight is 748 g/mol. The number of para-hydroxylation sites is 2. The van der Waals surface area contributed by atoms with Crippen molar-refractivity contribution in [3.63, 3.8) is 0 Å². The van der Waals surface area contributed by atoms with Gasteiger partial charge in [0, 0.05) is 69.5 Å². The Bertz CT molecular complexity index is 3530. The molecule has 4 heterocycles. The summed E-state index contributed by atoms with van der Waals surface area (Å²) in [6.45, 7) is 0. The lowest BCUT2D eigenvalue weighted by molar-refractivity contribution is 0.669. The third-order valence-electron chi connectivity index (χ3n) is 11.0. The normalized spacial score (nSPS) is 11.9. The number of hydrogen-bond donors (Lipinski definition) is 0. The minimum Gasteiger partial charge on any atom is -0.456 e. The first-order valence-electron chi connectivity index (χ1n) is 18.9. The minimum atomic E-state index is 0.603. The second kappa shape index (κ2) is 12.6. The van der Waals surface area contributed by atoms with Gasteiger partial charge < -0.3 is 8.83 Å². The van der Waals surface area contributed by atoms with Gasteiger partial charge >= 0.3 is 0 Å². The van der Waals surface area contributed by atoms with Crippen molar-refractivity contribution in [2.75, 3.05) is 0 Å². The molecule has 0 aliphatic rings. The van der Waals surface area contributed by atoms with Crippen LogP contribution in [0.4, 0.5) is 0 Å². The maximum atomic E-state index is 6.74. The van der Waals surface area contributed by atoms with Gasteiger partial charge in [0.05, 0.1) is 0 Å². The SMILES string of the molecule is c1ccc(-c2nc(-c3ccc(-c4ccc(-c5cccc6c5sc5ccccc56)c5oc6ccccc6c45)cc3)nc(-c3ccc4oc5ccccc5c4c3)n2)cc1. The van der Waals surface area contributed by atoms with Gasteiger partial charge in [-0.2, -0.15) is 0 Å². The molecule has 0 saturated heterocycles. The molecule has 12 aromatic rings. The Hall–Kier alpha value is -7.41. The van der Waals surface area contributed by atoms with E-state index in [-0.39, 0.29) is 0 Å². The van der Waals surface area contributed by atoms with E-state index >= 15 is 0 Å². The Labute approximate surface area is 330 Å². The fourth-order valence-corrected chi connectivity index (χ4v) is 9.49. The number of fused-ring (bicyclic) bond motifs is 9. The Morgan fingerprint density at radius 2 is 0.930 bits per heavy atom.